The Kier molecular flexibility index (Phi) is 3.83. The molecule has 2 heterocycles. The van der Waals surface area contributed by atoms with Gasteiger partial charge >= 0.3 is 0 Å². The van der Waals surface area contributed by atoms with Gasteiger partial charge in [0, 0.05) is 29.8 Å². The third-order valence-corrected chi connectivity index (χ3v) is 2.83. The summed E-state index contributed by atoms with van der Waals surface area (Å²) in [7, 11) is 0. The fourth-order valence-corrected chi connectivity index (χ4v) is 1.74. The molecule has 2 aromatic rings. The van der Waals surface area contributed by atoms with Gasteiger partial charge in [0.05, 0.1) is 5.02 Å². The maximum absolute atomic E-state index is 10.5. The quantitative estimate of drug-likeness (QED) is 0.779. The Hall–Kier alpha value is -1.74. The van der Waals surface area contributed by atoms with Gasteiger partial charge in [-0.15, -0.1) is 0 Å². The van der Waals surface area contributed by atoms with Crippen LogP contribution in [0, 0.1) is 0 Å². The maximum atomic E-state index is 10.5. The van der Waals surface area contributed by atoms with Crippen LogP contribution in [0.1, 0.15) is 21.6 Å². The molecule has 0 radical (unpaired) electrons. The molecule has 0 saturated heterocycles. The number of hydrogen-bond donors (Lipinski definition) is 0. The van der Waals surface area contributed by atoms with Gasteiger partial charge in [0.1, 0.15) is 0 Å². The zero-order chi connectivity index (χ0) is 12.1. The van der Waals surface area contributed by atoms with E-state index in [0.717, 1.165) is 30.4 Å². The Bertz CT molecular complexity index is 511. The van der Waals surface area contributed by atoms with Crippen LogP contribution in [0.3, 0.4) is 0 Å². The van der Waals surface area contributed by atoms with Gasteiger partial charge in [-0.2, -0.15) is 0 Å². The number of hydrogen-bond acceptors (Lipinski definition) is 3. The lowest BCUT2D eigenvalue weighted by Gasteiger charge is -2.03. The normalized spacial score (nSPS) is 10.2. The minimum atomic E-state index is 0.593. The molecule has 0 spiro atoms. The van der Waals surface area contributed by atoms with Crippen LogP contribution in [0.15, 0.2) is 36.8 Å². The highest BCUT2D eigenvalue weighted by Gasteiger charge is 2.01. The number of pyridine rings is 2. The second-order valence-corrected chi connectivity index (χ2v) is 4.08. The second kappa shape index (κ2) is 5.55. The van der Waals surface area contributed by atoms with Crippen LogP contribution >= 0.6 is 11.6 Å². The molecule has 0 atom stereocenters. The number of carbonyl (C=O) groups excluding carboxylic acids is 1. The summed E-state index contributed by atoms with van der Waals surface area (Å²) < 4.78 is 0. The van der Waals surface area contributed by atoms with Gasteiger partial charge in [-0.05, 0) is 36.6 Å². The highest BCUT2D eigenvalue weighted by molar-refractivity contribution is 6.31. The van der Waals surface area contributed by atoms with Crippen LogP contribution < -0.4 is 0 Å². The van der Waals surface area contributed by atoms with E-state index in [0.29, 0.717) is 10.6 Å². The van der Waals surface area contributed by atoms with Crippen molar-refractivity contribution in [2.24, 2.45) is 0 Å². The van der Waals surface area contributed by atoms with E-state index in [1.807, 2.05) is 12.1 Å². The van der Waals surface area contributed by atoms with Crippen molar-refractivity contribution in [1.29, 1.82) is 0 Å². The molecule has 0 fully saturated rings. The lowest BCUT2D eigenvalue weighted by Crippen LogP contribution is -1.96. The molecule has 0 bridgehead atoms. The van der Waals surface area contributed by atoms with Crippen LogP contribution in [-0.2, 0) is 12.8 Å². The fraction of sp³-hybridized carbons (Fsp3) is 0.154. The Morgan fingerprint density at radius 1 is 1.18 bits per heavy atom. The van der Waals surface area contributed by atoms with Gasteiger partial charge in [-0.1, -0.05) is 11.6 Å². The summed E-state index contributed by atoms with van der Waals surface area (Å²) in [4.78, 5) is 18.6. The summed E-state index contributed by atoms with van der Waals surface area (Å²) in [6, 6.07) is 5.53. The Morgan fingerprint density at radius 2 is 2.06 bits per heavy atom. The summed E-state index contributed by atoms with van der Waals surface area (Å²) in [5, 5.41) is 0.678. The lowest BCUT2D eigenvalue weighted by atomic mass is 10.1. The SMILES string of the molecule is O=Cc1ccc(CCc2ccncc2Cl)nc1. The van der Waals surface area contributed by atoms with Crippen LogP contribution in [0.5, 0.6) is 0 Å². The Balaban J connectivity index is 2.02. The van der Waals surface area contributed by atoms with Gasteiger partial charge in [-0.25, -0.2) is 0 Å². The highest BCUT2D eigenvalue weighted by atomic mass is 35.5. The van der Waals surface area contributed by atoms with Gasteiger partial charge in [0.25, 0.3) is 0 Å². The first kappa shape index (κ1) is 11.7. The molecule has 0 aliphatic heterocycles. The first-order valence-electron chi connectivity index (χ1n) is 5.28. The third kappa shape index (κ3) is 3.11. The molecule has 0 aliphatic carbocycles. The van der Waals surface area contributed by atoms with Gasteiger partial charge in [-0.3, -0.25) is 14.8 Å². The first-order valence-corrected chi connectivity index (χ1v) is 5.66. The molecule has 0 N–H and O–H groups in total. The topological polar surface area (TPSA) is 42.9 Å². The number of carbonyl (C=O) groups is 1. The van der Waals surface area contributed by atoms with E-state index in [9.17, 15) is 4.79 Å². The molecule has 2 aromatic heterocycles. The number of nitrogens with zero attached hydrogens (tertiary/aromatic N) is 2. The second-order valence-electron chi connectivity index (χ2n) is 3.67. The average Bonchev–Trinajstić information content (AvgIpc) is 2.38. The summed E-state index contributed by atoms with van der Waals surface area (Å²) in [5.74, 6) is 0. The third-order valence-electron chi connectivity index (χ3n) is 2.49. The zero-order valence-corrected chi connectivity index (χ0v) is 9.89. The molecule has 0 aromatic carbocycles. The van der Waals surface area contributed by atoms with Crippen LogP contribution in [-0.4, -0.2) is 16.3 Å². The summed E-state index contributed by atoms with van der Waals surface area (Å²) >= 11 is 6.01. The van der Waals surface area contributed by atoms with E-state index in [1.165, 1.54) is 0 Å². The van der Waals surface area contributed by atoms with Crippen molar-refractivity contribution in [3.8, 4) is 0 Å². The molecule has 2 rings (SSSR count). The van der Waals surface area contributed by atoms with Crippen LogP contribution in [0.4, 0.5) is 0 Å². The monoisotopic (exact) mass is 246 g/mol. The number of rotatable bonds is 4. The maximum Gasteiger partial charge on any atom is 0.151 e. The van der Waals surface area contributed by atoms with Crippen molar-refractivity contribution in [3.63, 3.8) is 0 Å². The predicted molar refractivity (Wildman–Crippen MR) is 66.3 cm³/mol. The Morgan fingerprint density at radius 3 is 2.71 bits per heavy atom. The van der Waals surface area contributed by atoms with Crippen molar-refractivity contribution in [3.05, 3.63) is 58.6 Å². The first-order chi connectivity index (χ1) is 8.29. The van der Waals surface area contributed by atoms with Crippen molar-refractivity contribution in [2.45, 2.75) is 12.8 Å². The number of aryl methyl sites for hydroxylation is 2. The molecular weight excluding hydrogens is 236 g/mol. The van der Waals surface area contributed by atoms with Gasteiger partial charge in [0.2, 0.25) is 0 Å². The van der Waals surface area contributed by atoms with Crippen molar-refractivity contribution < 1.29 is 4.79 Å². The van der Waals surface area contributed by atoms with E-state index < -0.39 is 0 Å². The molecule has 86 valence electrons. The van der Waals surface area contributed by atoms with Gasteiger partial charge < -0.3 is 0 Å². The van der Waals surface area contributed by atoms with E-state index in [-0.39, 0.29) is 0 Å². The number of aldehydes is 1. The summed E-state index contributed by atoms with van der Waals surface area (Å²) in [6.45, 7) is 0. The average molecular weight is 247 g/mol. The van der Waals surface area contributed by atoms with E-state index >= 15 is 0 Å². The fourth-order valence-electron chi connectivity index (χ4n) is 1.52. The molecule has 0 amide bonds. The van der Waals surface area contributed by atoms with E-state index in [1.54, 1.807) is 24.7 Å². The van der Waals surface area contributed by atoms with E-state index in [4.69, 9.17) is 11.6 Å². The predicted octanol–water partition coefficient (Wildman–Crippen LogP) is 2.73. The zero-order valence-electron chi connectivity index (χ0n) is 9.14. The molecule has 4 heteroatoms. The van der Waals surface area contributed by atoms with Crippen LogP contribution in [0.25, 0.3) is 0 Å². The highest BCUT2D eigenvalue weighted by Crippen LogP contribution is 2.15. The lowest BCUT2D eigenvalue weighted by molar-refractivity contribution is 0.112. The molecule has 17 heavy (non-hydrogen) atoms. The van der Waals surface area contributed by atoms with Crippen molar-refractivity contribution in [1.82, 2.24) is 9.97 Å². The summed E-state index contributed by atoms with van der Waals surface area (Å²) in [6.07, 6.45) is 7.34. The van der Waals surface area contributed by atoms with Crippen molar-refractivity contribution in [2.75, 3.05) is 0 Å². The molecular formula is C13H11ClN2O. The molecule has 0 saturated carbocycles. The summed E-state index contributed by atoms with van der Waals surface area (Å²) in [5.41, 5.74) is 2.60. The minimum absolute atomic E-state index is 0.593. The minimum Gasteiger partial charge on any atom is -0.298 e. The van der Waals surface area contributed by atoms with E-state index in [2.05, 4.69) is 9.97 Å². The number of aromatic nitrogens is 2. The van der Waals surface area contributed by atoms with Crippen LogP contribution in [0.2, 0.25) is 5.02 Å². The Labute approximate surface area is 104 Å². The number of halogens is 1. The molecule has 0 aliphatic rings. The largest absolute Gasteiger partial charge is 0.298 e. The van der Waals surface area contributed by atoms with Gasteiger partial charge in [0.15, 0.2) is 6.29 Å². The molecule has 3 nitrogen and oxygen atoms in total. The smallest absolute Gasteiger partial charge is 0.151 e. The molecule has 0 unspecified atom stereocenters. The standard InChI is InChI=1S/C13H11ClN2O/c14-13-8-15-6-5-11(13)2-4-12-3-1-10(9-17)7-16-12/h1,3,5-9H,2,4H2. The van der Waals surface area contributed by atoms with Crippen molar-refractivity contribution >= 4 is 17.9 Å².